The summed E-state index contributed by atoms with van der Waals surface area (Å²) in [7, 11) is 4.84. The van der Waals surface area contributed by atoms with Crippen molar-refractivity contribution in [2.75, 3.05) is 21.3 Å². The maximum absolute atomic E-state index is 5.55. The fraction of sp³-hybridized carbons (Fsp3) is 0.360. The largest absolute Gasteiger partial charge is 0.493 e. The van der Waals surface area contributed by atoms with Gasteiger partial charge in [0.05, 0.1) is 27.0 Å². The van der Waals surface area contributed by atoms with Crippen LogP contribution >= 0.6 is 11.3 Å². The third-order valence-electron chi connectivity index (χ3n) is 4.90. The van der Waals surface area contributed by atoms with E-state index in [0.29, 0.717) is 17.2 Å². The Morgan fingerprint density at radius 1 is 1.00 bits per heavy atom. The monoisotopic (exact) mass is 453 g/mol. The molecular formula is C25H31N3O3S. The molecule has 7 heteroatoms. The highest BCUT2D eigenvalue weighted by Crippen LogP contribution is 2.41. The van der Waals surface area contributed by atoms with Crippen molar-refractivity contribution in [2.45, 2.75) is 39.7 Å². The second-order valence-corrected chi connectivity index (χ2v) is 8.51. The maximum atomic E-state index is 5.55. The zero-order chi connectivity index (χ0) is 23.1. The summed E-state index contributed by atoms with van der Waals surface area (Å²) >= 11 is 1.57. The molecule has 0 bridgehead atoms. The lowest BCUT2D eigenvalue weighted by atomic mass is 10.1. The molecule has 0 aliphatic rings. The number of hydrogen-bond donors (Lipinski definition) is 0. The molecule has 0 saturated carbocycles. The summed E-state index contributed by atoms with van der Waals surface area (Å²) in [4.78, 5) is 5.63. The Morgan fingerprint density at radius 3 is 2.22 bits per heavy atom. The molecule has 1 heterocycles. The Hall–Kier alpha value is -3.06. The van der Waals surface area contributed by atoms with Crippen molar-refractivity contribution in [3.8, 4) is 28.5 Å². The second kappa shape index (κ2) is 11.0. The number of aryl methyl sites for hydroxylation is 1. The van der Waals surface area contributed by atoms with Crippen LogP contribution in [-0.4, -0.2) is 37.8 Å². The molecule has 6 nitrogen and oxygen atoms in total. The first-order chi connectivity index (χ1) is 15.5. The molecule has 1 aromatic heterocycles. The summed E-state index contributed by atoms with van der Waals surface area (Å²) in [5.41, 5.74) is 4.17. The van der Waals surface area contributed by atoms with E-state index >= 15 is 0 Å². The van der Waals surface area contributed by atoms with E-state index in [4.69, 9.17) is 24.3 Å². The van der Waals surface area contributed by atoms with Gasteiger partial charge in [-0.1, -0.05) is 30.3 Å². The van der Waals surface area contributed by atoms with Crippen molar-refractivity contribution >= 4 is 17.0 Å². The minimum absolute atomic E-state index is 0.160. The van der Waals surface area contributed by atoms with Gasteiger partial charge in [-0.25, -0.2) is 4.68 Å². The van der Waals surface area contributed by atoms with Gasteiger partial charge in [0.1, 0.15) is 0 Å². The normalized spacial score (nSPS) is 12.3. The van der Waals surface area contributed by atoms with Crippen LogP contribution in [-0.2, 0) is 6.42 Å². The van der Waals surface area contributed by atoms with Gasteiger partial charge >= 0.3 is 0 Å². The number of aromatic nitrogens is 1. The highest BCUT2D eigenvalue weighted by atomic mass is 32.1. The van der Waals surface area contributed by atoms with E-state index in [1.807, 2.05) is 22.9 Å². The maximum Gasteiger partial charge on any atom is 0.206 e. The molecule has 0 radical (unpaired) electrons. The fourth-order valence-electron chi connectivity index (χ4n) is 3.32. The molecule has 0 amide bonds. The molecule has 0 saturated heterocycles. The highest BCUT2D eigenvalue weighted by molar-refractivity contribution is 7.07. The van der Waals surface area contributed by atoms with Crippen LogP contribution in [0.2, 0.25) is 0 Å². The van der Waals surface area contributed by atoms with Crippen molar-refractivity contribution in [3.05, 3.63) is 58.2 Å². The predicted octanol–water partition coefficient (Wildman–Crippen LogP) is 5.41. The SMILES string of the molecule is COc1cc(-c2csc(=NC(C)C)n2N=C(C)CCc2ccccc2)cc(OC)c1OC. The molecule has 0 aliphatic carbocycles. The first-order valence-electron chi connectivity index (χ1n) is 10.6. The third-order valence-corrected chi connectivity index (χ3v) is 5.73. The molecule has 0 unspecified atom stereocenters. The topological polar surface area (TPSA) is 57.3 Å². The standard InChI is InChI=1S/C25H31N3O3S/c1-17(2)26-25-28(27-18(3)12-13-19-10-8-7-9-11-19)21(16-32-25)20-14-22(29-4)24(31-6)23(15-20)30-5/h7-11,14-17H,12-13H2,1-6H3. The summed E-state index contributed by atoms with van der Waals surface area (Å²) < 4.78 is 18.5. The van der Waals surface area contributed by atoms with Gasteiger partial charge in [-0.15, -0.1) is 11.3 Å². The number of methoxy groups -OCH3 is 3. The van der Waals surface area contributed by atoms with Crippen LogP contribution in [0.4, 0.5) is 0 Å². The molecule has 3 aromatic rings. The van der Waals surface area contributed by atoms with Gasteiger partial charge in [0.2, 0.25) is 10.6 Å². The Morgan fingerprint density at radius 2 is 1.66 bits per heavy atom. The van der Waals surface area contributed by atoms with Crippen molar-refractivity contribution in [1.29, 1.82) is 0 Å². The number of ether oxygens (including phenoxy) is 3. The van der Waals surface area contributed by atoms with Crippen LogP contribution in [0.3, 0.4) is 0 Å². The molecule has 0 spiro atoms. The minimum Gasteiger partial charge on any atom is -0.493 e. The lowest BCUT2D eigenvalue weighted by Crippen LogP contribution is -2.16. The van der Waals surface area contributed by atoms with Gasteiger partial charge in [-0.2, -0.15) is 5.10 Å². The minimum atomic E-state index is 0.160. The lowest BCUT2D eigenvalue weighted by Gasteiger charge is -2.14. The van der Waals surface area contributed by atoms with Crippen molar-refractivity contribution in [3.63, 3.8) is 0 Å². The Bertz CT molecular complexity index is 1110. The van der Waals surface area contributed by atoms with Crippen LogP contribution in [0.15, 0.2) is 57.9 Å². The van der Waals surface area contributed by atoms with Crippen LogP contribution in [0.1, 0.15) is 32.8 Å². The van der Waals surface area contributed by atoms with E-state index in [1.165, 1.54) is 5.56 Å². The summed E-state index contributed by atoms with van der Waals surface area (Å²) in [5.74, 6) is 1.77. The molecule has 0 aliphatic heterocycles. The lowest BCUT2D eigenvalue weighted by molar-refractivity contribution is 0.324. The van der Waals surface area contributed by atoms with Crippen LogP contribution in [0.25, 0.3) is 11.3 Å². The number of benzene rings is 2. The summed E-state index contributed by atoms with van der Waals surface area (Å²) in [6, 6.07) is 14.5. The second-order valence-electron chi connectivity index (χ2n) is 7.67. The van der Waals surface area contributed by atoms with E-state index < -0.39 is 0 Å². The molecular weight excluding hydrogens is 422 g/mol. The molecule has 32 heavy (non-hydrogen) atoms. The molecule has 3 rings (SSSR count). The van der Waals surface area contributed by atoms with Crippen LogP contribution < -0.4 is 19.0 Å². The van der Waals surface area contributed by atoms with Gasteiger partial charge in [0, 0.05) is 22.7 Å². The zero-order valence-corrected chi connectivity index (χ0v) is 20.4. The molecule has 170 valence electrons. The Labute approximate surface area is 193 Å². The number of rotatable bonds is 9. The quantitative estimate of drug-likeness (QED) is 0.407. The first kappa shape index (κ1) is 23.6. The smallest absolute Gasteiger partial charge is 0.206 e. The summed E-state index contributed by atoms with van der Waals surface area (Å²) in [5, 5.41) is 7.02. The predicted molar refractivity (Wildman–Crippen MR) is 131 cm³/mol. The van der Waals surface area contributed by atoms with E-state index in [9.17, 15) is 0 Å². The number of hydrogen-bond acceptors (Lipinski definition) is 6. The molecule has 0 fully saturated rings. The molecule has 2 aromatic carbocycles. The molecule has 0 atom stereocenters. The Balaban J connectivity index is 2.06. The van der Waals surface area contributed by atoms with Gasteiger partial charge < -0.3 is 14.2 Å². The first-order valence-corrected chi connectivity index (χ1v) is 11.5. The van der Waals surface area contributed by atoms with Gasteiger partial charge in [-0.05, 0) is 51.3 Å². The highest BCUT2D eigenvalue weighted by Gasteiger charge is 2.17. The third kappa shape index (κ3) is 5.59. The van der Waals surface area contributed by atoms with Crippen LogP contribution in [0.5, 0.6) is 17.2 Å². The van der Waals surface area contributed by atoms with E-state index in [1.54, 1.807) is 32.7 Å². The van der Waals surface area contributed by atoms with E-state index in [-0.39, 0.29) is 6.04 Å². The fourth-order valence-corrected chi connectivity index (χ4v) is 4.29. The number of nitrogens with zero attached hydrogens (tertiary/aromatic N) is 3. The molecule has 0 N–H and O–H groups in total. The average molecular weight is 454 g/mol. The van der Waals surface area contributed by atoms with Crippen LogP contribution in [0, 0.1) is 0 Å². The van der Waals surface area contributed by atoms with E-state index in [2.05, 4.69) is 50.4 Å². The van der Waals surface area contributed by atoms with Crippen molar-refractivity contribution in [2.24, 2.45) is 10.1 Å². The van der Waals surface area contributed by atoms with Gasteiger partial charge in [-0.3, -0.25) is 4.99 Å². The zero-order valence-electron chi connectivity index (χ0n) is 19.6. The van der Waals surface area contributed by atoms with Gasteiger partial charge in [0.25, 0.3) is 0 Å². The number of thiazole rings is 1. The van der Waals surface area contributed by atoms with Gasteiger partial charge in [0.15, 0.2) is 11.5 Å². The van der Waals surface area contributed by atoms with Crippen molar-refractivity contribution in [1.82, 2.24) is 4.68 Å². The summed E-state index contributed by atoms with van der Waals surface area (Å²) in [6.07, 6.45) is 1.81. The van der Waals surface area contributed by atoms with Crippen molar-refractivity contribution < 1.29 is 14.2 Å². The average Bonchev–Trinajstić information content (AvgIpc) is 3.18. The summed E-state index contributed by atoms with van der Waals surface area (Å²) in [6.45, 7) is 6.19. The Kier molecular flexibility index (Phi) is 8.11. The van der Waals surface area contributed by atoms with E-state index in [0.717, 1.165) is 34.6 Å².